The van der Waals surface area contributed by atoms with E-state index < -0.39 is 4.92 Å². The molecule has 2 aromatic heterocycles. The molecule has 2 rings (SSSR count). The van der Waals surface area contributed by atoms with Gasteiger partial charge in [-0.05, 0) is 6.92 Å². The largest absolute Gasteiger partial charge is 0.364 e. The Morgan fingerprint density at radius 3 is 2.94 bits per heavy atom. The Kier molecular flexibility index (Phi) is 2.95. The minimum absolute atomic E-state index is 0.160. The molecule has 0 atom stereocenters. The summed E-state index contributed by atoms with van der Waals surface area (Å²) in [6.45, 7) is 2.38. The zero-order chi connectivity index (χ0) is 12.3. The van der Waals surface area contributed by atoms with Crippen LogP contribution < -0.4 is 5.32 Å². The summed E-state index contributed by atoms with van der Waals surface area (Å²) in [7, 11) is 0. The second-order valence-corrected chi connectivity index (χ2v) is 3.15. The quantitative estimate of drug-likeness (QED) is 0.625. The van der Waals surface area contributed by atoms with E-state index in [-0.39, 0.29) is 17.3 Å². The van der Waals surface area contributed by atoms with Crippen LogP contribution in [0.3, 0.4) is 0 Å². The third-order valence-electron chi connectivity index (χ3n) is 2.08. The van der Waals surface area contributed by atoms with Crippen molar-refractivity contribution in [3.8, 4) is 5.82 Å². The SMILES string of the molecule is CCNc1ncnc(-n2ccnc2)c1[N+](=O)[O-]. The van der Waals surface area contributed by atoms with Crippen molar-refractivity contribution in [1.29, 1.82) is 0 Å². The summed E-state index contributed by atoms with van der Waals surface area (Å²) in [6.07, 6.45) is 5.84. The molecule has 0 fully saturated rings. The fourth-order valence-electron chi connectivity index (χ4n) is 1.41. The Morgan fingerprint density at radius 2 is 2.35 bits per heavy atom. The van der Waals surface area contributed by atoms with Crippen LogP contribution >= 0.6 is 0 Å². The van der Waals surface area contributed by atoms with E-state index in [0.29, 0.717) is 6.54 Å². The lowest BCUT2D eigenvalue weighted by Crippen LogP contribution is -2.08. The van der Waals surface area contributed by atoms with E-state index in [2.05, 4.69) is 20.3 Å². The van der Waals surface area contributed by atoms with Crippen LogP contribution in [0.4, 0.5) is 11.5 Å². The summed E-state index contributed by atoms with van der Waals surface area (Å²) < 4.78 is 1.47. The zero-order valence-electron chi connectivity index (χ0n) is 9.07. The third-order valence-corrected chi connectivity index (χ3v) is 2.08. The van der Waals surface area contributed by atoms with E-state index in [1.807, 2.05) is 6.92 Å². The molecule has 0 amide bonds. The Hall–Kier alpha value is -2.51. The second-order valence-electron chi connectivity index (χ2n) is 3.15. The van der Waals surface area contributed by atoms with Crippen molar-refractivity contribution in [1.82, 2.24) is 19.5 Å². The normalized spacial score (nSPS) is 10.2. The van der Waals surface area contributed by atoms with Gasteiger partial charge in [0.05, 0.1) is 4.92 Å². The molecule has 1 N–H and O–H groups in total. The molecule has 2 heterocycles. The highest BCUT2D eigenvalue weighted by Gasteiger charge is 2.23. The number of nitrogens with zero attached hydrogens (tertiary/aromatic N) is 5. The molecule has 0 saturated carbocycles. The Labute approximate surface area is 96.5 Å². The van der Waals surface area contributed by atoms with E-state index >= 15 is 0 Å². The summed E-state index contributed by atoms with van der Waals surface area (Å²) in [4.78, 5) is 22.2. The van der Waals surface area contributed by atoms with Crippen molar-refractivity contribution < 1.29 is 4.92 Å². The van der Waals surface area contributed by atoms with Gasteiger partial charge >= 0.3 is 5.69 Å². The average molecular weight is 234 g/mol. The molecule has 0 unspecified atom stereocenters. The van der Waals surface area contributed by atoms with E-state index in [0.717, 1.165) is 0 Å². The lowest BCUT2D eigenvalue weighted by Gasteiger charge is -2.06. The number of anilines is 1. The summed E-state index contributed by atoms with van der Waals surface area (Å²) in [5.41, 5.74) is -0.160. The number of rotatable bonds is 4. The fourth-order valence-corrected chi connectivity index (χ4v) is 1.41. The number of hydrogen-bond donors (Lipinski definition) is 1. The Morgan fingerprint density at radius 1 is 1.53 bits per heavy atom. The number of hydrogen-bond acceptors (Lipinski definition) is 6. The highest BCUT2D eigenvalue weighted by molar-refractivity contribution is 5.63. The van der Waals surface area contributed by atoms with Crippen LogP contribution in [0.2, 0.25) is 0 Å². The standard InChI is InChI=1S/C9H10N6O2/c1-2-11-8-7(15(16)17)9(13-5-12-8)14-4-3-10-6-14/h3-6H,2H2,1H3,(H,11,12,13). The van der Waals surface area contributed by atoms with E-state index in [1.54, 1.807) is 6.20 Å². The minimum Gasteiger partial charge on any atom is -0.364 e. The first-order valence-corrected chi connectivity index (χ1v) is 4.95. The van der Waals surface area contributed by atoms with Gasteiger partial charge in [0.2, 0.25) is 11.6 Å². The van der Waals surface area contributed by atoms with Crippen molar-refractivity contribution in [2.45, 2.75) is 6.92 Å². The van der Waals surface area contributed by atoms with Gasteiger partial charge in [-0.2, -0.15) is 0 Å². The van der Waals surface area contributed by atoms with Crippen molar-refractivity contribution in [2.24, 2.45) is 0 Å². The molecule has 0 aliphatic carbocycles. The smallest absolute Gasteiger partial charge is 0.354 e. The molecule has 8 heteroatoms. The predicted molar refractivity (Wildman–Crippen MR) is 60.0 cm³/mol. The predicted octanol–water partition coefficient (Wildman–Crippen LogP) is 1.00. The first-order chi connectivity index (χ1) is 8.24. The van der Waals surface area contributed by atoms with Gasteiger partial charge in [0.15, 0.2) is 0 Å². The molecule has 0 aliphatic heterocycles. The highest BCUT2D eigenvalue weighted by Crippen LogP contribution is 2.27. The van der Waals surface area contributed by atoms with Crippen LogP contribution in [0, 0.1) is 10.1 Å². The second kappa shape index (κ2) is 4.56. The van der Waals surface area contributed by atoms with E-state index in [9.17, 15) is 10.1 Å². The van der Waals surface area contributed by atoms with Crippen LogP contribution in [0.1, 0.15) is 6.92 Å². The van der Waals surface area contributed by atoms with Crippen molar-refractivity contribution >= 4 is 11.5 Å². The van der Waals surface area contributed by atoms with Crippen LogP contribution in [-0.4, -0.2) is 31.0 Å². The molecule has 0 radical (unpaired) electrons. The maximum atomic E-state index is 11.1. The minimum atomic E-state index is -0.507. The molecule has 0 saturated heterocycles. The van der Waals surface area contributed by atoms with Crippen molar-refractivity contribution in [3.05, 3.63) is 35.2 Å². The molecule has 88 valence electrons. The van der Waals surface area contributed by atoms with Gasteiger partial charge in [-0.25, -0.2) is 15.0 Å². The monoisotopic (exact) mass is 234 g/mol. The van der Waals surface area contributed by atoms with Gasteiger partial charge in [-0.15, -0.1) is 0 Å². The van der Waals surface area contributed by atoms with Gasteiger partial charge in [0, 0.05) is 18.9 Å². The average Bonchev–Trinajstić information content (AvgIpc) is 2.82. The molecular weight excluding hydrogens is 224 g/mol. The Balaban J connectivity index is 2.59. The van der Waals surface area contributed by atoms with E-state index in [4.69, 9.17) is 0 Å². The van der Waals surface area contributed by atoms with Crippen molar-refractivity contribution in [2.75, 3.05) is 11.9 Å². The molecule has 0 aromatic carbocycles. The first kappa shape index (κ1) is 11.0. The van der Waals surface area contributed by atoms with Gasteiger partial charge in [0.25, 0.3) is 0 Å². The Bertz CT molecular complexity index is 524. The summed E-state index contributed by atoms with van der Waals surface area (Å²) in [5, 5.41) is 13.9. The summed E-state index contributed by atoms with van der Waals surface area (Å²) >= 11 is 0. The van der Waals surface area contributed by atoms with Crippen LogP contribution in [-0.2, 0) is 0 Å². The molecule has 0 spiro atoms. The number of nitrogens with one attached hydrogen (secondary N) is 1. The van der Waals surface area contributed by atoms with Crippen molar-refractivity contribution in [3.63, 3.8) is 0 Å². The third kappa shape index (κ3) is 2.05. The van der Waals surface area contributed by atoms with E-state index in [1.165, 1.54) is 23.4 Å². The van der Waals surface area contributed by atoms with Crippen LogP contribution in [0.25, 0.3) is 5.82 Å². The molecule has 2 aromatic rings. The van der Waals surface area contributed by atoms with Gasteiger partial charge < -0.3 is 5.32 Å². The lowest BCUT2D eigenvalue weighted by atomic mass is 10.4. The number of aromatic nitrogens is 4. The van der Waals surface area contributed by atoms with Gasteiger partial charge in [-0.1, -0.05) is 0 Å². The van der Waals surface area contributed by atoms with Crippen LogP contribution in [0.15, 0.2) is 25.0 Å². The zero-order valence-corrected chi connectivity index (χ0v) is 9.07. The topological polar surface area (TPSA) is 98.8 Å². The highest BCUT2D eigenvalue weighted by atomic mass is 16.6. The van der Waals surface area contributed by atoms with Gasteiger partial charge in [0.1, 0.15) is 12.7 Å². The maximum Gasteiger partial charge on any atom is 0.354 e. The number of imidazole rings is 1. The molecule has 0 bridgehead atoms. The summed E-state index contributed by atoms with van der Waals surface area (Å²) in [5.74, 6) is 0.398. The lowest BCUT2D eigenvalue weighted by molar-refractivity contribution is -0.384. The molecule has 8 nitrogen and oxygen atoms in total. The molecule has 0 aliphatic rings. The molecule has 17 heavy (non-hydrogen) atoms. The molecular formula is C9H10N6O2. The number of nitro groups is 1. The van der Waals surface area contributed by atoms with Gasteiger partial charge in [-0.3, -0.25) is 14.7 Å². The van der Waals surface area contributed by atoms with Crippen LogP contribution in [0.5, 0.6) is 0 Å². The maximum absolute atomic E-state index is 11.1. The summed E-state index contributed by atoms with van der Waals surface area (Å²) in [6, 6.07) is 0. The first-order valence-electron chi connectivity index (χ1n) is 4.95. The fraction of sp³-hybridized carbons (Fsp3) is 0.222.